The molecule has 6 nitrogen and oxygen atoms in total. The van der Waals surface area contributed by atoms with E-state index in [2.05, 4.69) is 5.32 Å². The van der Waals surface area contributed by atoms with Crippen LogP contribution in [0.5, 0.6) is 5.75 Å². The fourth-order valence-corrected chi connectivity index (χ4v) is 2.41. The van der Waals surface area contributed by atoms with E-state index in [1.807, 2.05) is 0 Å². The smallest absolute Gasteiger partial charge is 0.326 e. The van der Waals surface area contributed by atoms with Crippen LogP contribution >= 0.6 is 0 Å². The SMILES string of the molecule is C/C=C/CC(NC(=O)c1ccc(OC2CCOCC2)cc1)C(=O)O. The van der Waals surface area contributed by atoms with Crippen molar-refractivity contribution in [2.45, 2.75) is 38.3 Å². The van der Waals surface area contributed by atoms with Gasteiger partial charge in [0, 0.05) is 18.4 Å². The minimum atomic E-state index is -1.05. The Hall–Kier alpha value is -2.34. The van der Waals surface area contributed by atoms with Crippen LogP contribution in [0, 0.1) is 0 Å². The normalized spacial score (nSPS) is 16.7. The number of hydrogen-bond donors (Lipinski definition) is 2. The van der Waals surface area contributed by atoms with Crippen molar-refractivity contribution in [3.63, 3.8) is 0 Å². The maximum atomic E-state index is 12.2. The van der Waals surface area contributed by atoms with E-state index in [9.17, 15) is 9.59 Å². The number of carbonyl (C=O) groups excluding carboxylic acids is 1. The number of allylic oxidation sites excluding steroid dienone is 1. The minimum absolute atomic E-state index is 0.135. The van der Waals surface area contributed by atoms with Crippen molar-refractivity contribution in [3.05, 3.63) is 42.0 Å². The Morgan fingerprint density at radius 1 is 1.33 bits per heavy atom. The van der Waals surface area contributed by atoms with Crippen LogP contribution in [0.25, 0.3) is 0 Å². The zero-order valence-electron chi connectivity index (χ0n) is 13.7. The molecule has 2 rings (SSSR count). The third-order valence-corrected chi connectivity index (χ3v) is 3.80. The maximum Gasteiger partial charge on any atom is 0.326 e. The molecule has 0 aliphatic carbocycles. The Morgan fingerprint density at radius 3 is 2.58 bits per heavy atom. The number of rotatable bonds is 7. The number of aliphatic carboxylic acids is 1. The average Bonchev–Trinajstić information content (AvgIpc) is 2.59. The van der Waals surface area contributed by atoms with E-state index in [0.717, 1.165) is 12.8 Å². The molecule has 6 heteroatoms. The standard InChI is InChI=1S/C18H23NO5/c1-2-3-4-16(18(21)22)19-17(20)13-5-7-14(8-6-13)24-15-9-11-23-12-10-15/h2-3,5-8,15-16H,4,9-12H2,1H3,(H,19,20)(H,21,22)/b3-2+. The van der Waals surface area contributed by atoms with Crippen LogP contribution in [0.4, 0.5) is 0 Å². The first-order valence-electron chi connectivity index (χ1n) is 8.09. The number of nitrogens with one attached hydrogen (secondary N) is 1. The Balaban J connectivity index is 1.93. The molecule has 1 fully saturated rings. The molecule has 24 heavy (non-hydrogen) atoms. The van der Waals surface area contributed by atoms with E-state index < -0.39 is 17.9 Å². The van der Waals surface area contributed by atoms with Crippen LogP contribution < -0.4 is 10.1 Å². The van der Waals surface area contributed by atoms with Crippen LogP contribution in [-0.4, -0.2) is 42.3 Å². The molecule has 2 N–H and O–H groups in total. The third kappa shape index (κ3) is 5.38. The largest absolute Gasteiger partial charge is 0.490 e. The van der Waals surface area contributed by atoms with Gasteiger partial charge in [0.1, 0.15) is 17.9 Å². The van der Waals surface area contributed by atoms with Gasteiger partial charge in [0.15, 0.2) is 0 Å². The highest BCUT2D eigenvalue weighted by molar-refractivity contribution is 5.96. The second-order valence-corrected chi connectivity index (χ2v) is 5.62. The maximum absolute atomic E-state index is 12.2. The second kappa shape index (κ2) is 9.08. The van der Waals surface area contributed by atoms with Gasteiger partial charge >= 0.3 is 5.97 Å². The Labute approximate surface area is 141 Å². The van der Waals surface area contributed by atoms with Gasteiger partial charge in [-0.1, -0.05) is 12.2 Å². The van der Waals surface area contributed by atoms with Crippen molar-refractivity contribution in [2.75, 3.05) is 13.2 Å². The van der Waals surface area contributed by atoms with Crippen LogP contribution in [0.2, 0.25) is 0 Å². The lowest BCUT2D eigenvalue weighted by Gasteiger charge is -2.23. The molecule has 1 aliphatic rings. The molecule has 1 heterocycles. The first-order chi connectivity index (χ1) is 11.6. The van der Waals surface area contributed by atoms with Gasteiger partial charge in [-0.15, -0.1) is 0 Å². The fourth-order valence-electron chi connectivity index (χ4n) is 2.41. The average molecular weight is 333 g/mol. The van der Waals surface area contributed by atoms with Gasteiger partial charge in [-0.25, -0.2) is 4.79 Å². The zero-order valence-corrected chi connectivity index (χ0v) is 13.7. The molecule has 1 atom stereocenters. The van der Waals surface area contributed by atoms with E-state index in [4.69, 9.17) is 14.6 Å². The monoisotopic (exact) mass is 333 g/mol. The fraction of sp³-hybridized carbons (Fsp3) is 0.444. The summed E-state index contributed by atoms with van der Waals surface area (Å²) in [6.07, 6.45) is 5.56. The molecule has 1 amide bonds. The summed E-state index contributed by atoms with van der Waals surface area (Å²) in [7, 11) is 0. The Kier molecular flexibility index (Phi) is 6.81. The van der Waals surface area contributed by atoms with E-state index in [-0.39, 0.29) is 12.5 Å². The highest BCUT2D eigenvalue weighted by Gasteiger charge is 2.19. The molecule has 1 saturated heterocycles. The molecule has 0 spiro atoms. The predicted molar refractivity (Wildman–Crippen MR) is 89.2 cm³/mol. The predicted octanol–water partition coefficient (Wildman–Crippen LogP) is 2.39. The molecule has 1 aromatic carbocycles. The summed E-state index contributed by atoms with van der Waals surface area (Å²) < 4.78 is 11.1. The van der Waals surface area contributed by atoms with E-state index in [0.29, 0.717) is 24.5 Å². The first kappa shape index (κ1) is 18.0. The van der Waals surface area contributed by atoms with Gasteiger partial charge in [0.25, 0.3) is 5.91 Å². The summed E-state index contributed by atoms with van der Waals surface area (Å²) >= 11 is 0. The quantitative estimate of drug-likeness (QED) is 0.749. The molecule has 1 aromatic rings. The van der Waals surface area contributed by atoms with Crippen molar-refractivity contribution >= 4 is 11.9 Å². The molecular weight excluding hydrogens is 310 g/mol. The Morgan fingerprint density at radius 2 is 2.00 bits per heavy atom. The highest BCUT2D eigenvalue weighted by atomic mass is 16.5. The summed E-state index contributed by atoms with van der Waals surface area (Å²) in [4.78, 5) is 23.3. The van der Waals surface area contributed by atoms with Gasteiger partial charge in [-0.3, -0.25) is 4.79 Å². The van der Waals surface area contributed by atoms with Crippen molar-refractivity contribution in [3.8, 4) is 5.75 Å². The molecule has 0 saturated carbocycles. The molecular formula is C18H23NO5. The summed E-state index contributed by atoms with van der Waals surface area (Å²) in [5, 5.41) is 11.7. The number of carbonyl (C=O) groups is 2. The van der Waals surface area contributed by atoms with Gasteiger partial charge in [-0.2, -0.15) is 0 Å². The van der Waals surface area contributed by atoms with Crippen molar-refractivity contribution < 1.29 is 24.2 Å². The lowest BCUT2D eigenvalue weighted by Crippen LogP contribution is -2.40. The first-order valence-corrected chi connectivity index (χ1v) is 8.09. The van der Waals surface area contributed by atoms with E-state index in [1.54, 1.807) is 43.3 Å². The van der Waals surface area contributed by atoms with Gasteiger partial charge in [0.2, 0.25) is 0 Å². The molecule has 0 aromatic heterocycles. The number of amides is 1. The highest BCUT2D eigenvalue weighted by Crippen LogP contribution is 2.18. The molecule has 130 valence electrons. The number of ether oxygens (including phenoxy) is 2. The molecule has 0 bridgehead atoms. The molecule has 1 unspecified atom stereocenters. The van der Waals surface area contributed by atoms with Gasteiger partial charge in [0.05, 0.1) is 13.2 Å². The lowest BCUT2D eigenvalue weighted by atomic mass is 10.1. The Bertz CT molecular complexity index is 576. The van der Waals surface area contributed by atoms with E-state index in [1.165, 1.54) is 0 Å². The van der Waals surface area contributed by atoms with Gasteiger partial charge < -0.3 is 19.9 Å². The van der Waals surface area contributed by atoms with Crippen LogP contribution in [0.1, 0.15) is 36.5 Å². The van der Waals surface area contributed by atoms with Crippen LogP contribution in [0.15, 0.2) is 36.4 Å². The van der Waals surface area contributed by atoms with E-state index >= 15 is 0 Å². The summed E-state index contributed by atoms with van der Waals surface area (Å²) in [5.74, 6) is -0.771. The number of hydrogen-bond acceptors (Lipinski definition) is 4. The topological polar surface area (TPSA) is 84.9 Å². The molecule has 0 radical (unpaired) electrons. The number of benzene rings is 1. The summed E-state index contributed by atoms with van der Waals surface area (Å²) in [6.45, 7) is 3.21. The van der Waals surface area contributed by atoms with Gasteiger partial charge in [-0.05, 0) is 37.6 Å². The zero-order chi connectivity index (χ0) is 17.4. The molecule has 1 aliphatic heterocycles. The summed E-state index contributed by atoms with van der Waals surface area (Å²) in [6, 6.07) is 5.79. The van der Waals surface area contributed by atoms with Crippen molar-refractivity contribution in [1.82, 2.24) is 5.32 Å². The lowest BCUT2D eigenvalue weighted by molar-refractivity contribution is -0.139. The van der Waals surface area contributed by atoms with Crippen LogP contribution in [-0.2, 0) is 9.53 Å². The number of carboxylic acid groups (broad SMARTS) is 1. The van der Waals surface area contributed by atoms with Crippen molar-refractivity contribution in [2.24, 2.45) is 0 Å². The minimum Gasteiger partial charge on any atom is -0.490 e. The number of carboxylic acids is 1. The van der Waals surface area contributed by atoms with Crippen molar-refractivity contribution in [1.29, 1.82) is 0 Å². The summed E-state index contributed by atoms with van der Waals surface area (Å²) in [5.41, 5.74) is 0.404. The third-order valence-electron chi connectivity index (χ3n) is 3.80. The second-order valence-electron chi connectivity index (χ2n) is 5.62. The van der Waals surface area contributed by atoms with Crippen LogP contribution in [0.3, 0.4) is 0 Å².